The summed E-state index contributed by atoms with van der Waals surface area (Å²) >= 11 is 5.71. The Hall–Kier alpha value is -0.870. The first kappa shape index (κ1) is 12.6. The van der Waals surface area contributed by atoms with Gasteiger partial charge in [0.2, 0.25) is 5.95 Å². The Morgan fingerprint density at radius 3 is 2.53 bits per heavy atom. The lowest BCUT2D eigenvalue weighted by atomic mass is 10.1. The van der Waals surface area contributed by atoms with Crippen molar-refractivity contribution >= 4 is 17.5 Å². The topological polar surface area (TPSA) is 38.2 Å². The lowest BCUT2D eigenvalue weighted by Gasteiger charge is -2.31. The number of ether oxygens (including phenoxy) is 1. The van der Waals surface area contributed by atoms with E-state index < -0.39 is 0 Å². The minimum Gasteiger partial charge on any atom is -0.378 e. The first-order chi connectivity index (χ1) is 8.33. The summed E-state index contributed by atoms with van der Waals surface area (Å²) in [6, 6.07) is 0. The molecule has 0 N–H and O–H groups in total. The molecule has 4 nitrogen and oxygen atoms in total. The highest BCUT2D eigenvalue weighted by Gasteiger charge is 2.20. The molecule has 1 aromatic heterocycles. The maximum absolute atomic E-state index is 5.71. The Morgan fingerprint density at radius 1 is 1.35 bits per heavy atom. The summed E-state index contributed by atoms with van der Waals surface area (Å²) in [6.45, 7) is 4.77. The van der Waals surface area contributed by atoms with Crippen LogP contribution in [0.25, 0.3) is 0 Å². The van der Waals surface area contributed by atoms with Gasteiger partial charge in [-0.3, -0.25) is 0 Å². The van der Waals surface area contributed by atoms with Crippen molar-refractivity contribution in [1.82, 2.24) is 9.97 Å². The number of aromatic nitrogens is 2. The van der Waals surface area contributed by atoms with Crippen molar-refractivity contribution in [2.75, 3.05) is 24.6 Å². The van der Waals surface area contributed by atoms with Crippen molar-refractivity contribution in [2.45, 2.75) is 31.7 Å². The Bertz CT molecular complexity index is 336. The largest absolute Gasteiger partial charge is 0.378 e. The third-order valence-corrected chi connectivity index (χ3v) is 3.28. The van der Waals surface area contributed by atoms with Gasteiger partial charge in [-0.05, 0) is 19.8 Å². The zero-order valence-corrected chi connectivity index (χ0v) is 10.9. The molecule has 2 heterocycles. The average molecular weight is 256 g/mol. The van der Waals surface area contributed by atoms with Crippen LogP contribution in [0.1, 0.15) is 25.3 Å². The zero-order valence-electron chi connectivity index (χ0n) is 10.1. The van der Waals surface area contributed by atoms with E-state index in [4.69, 9.17) is 16.3 Å². The lowest BCUT2D eigenvalue weighted by Crippen LogP contribution is -2.38. The molecule has 0 amide bonds. The molecule has 2 rings (SSSR count). The van der Waals surface area contributed by atoms with Crippen LogP contribution in [-0.2, 0) is 10.6 Å². The normalized spacial score (nSPS) is 17.4. The molecule has 0 spiro atoms. The number of piperidine rings is 1. The van der Waals surface area contributed by atoms with Gasteiger partial charge in [0.05, 0.1) is 12.0 Å². The van der Waals surface area contributed by atoms with Gasteiger partial charge in [0.15, 0.2) is 0 Å². The second kappa shape index (κ2) is 6.17. The van der Waals surface area contributed by atoms with Crippen LogP contribution in [0.5, 0.6) is 0 Å². The fourth-order valence-corrected chi connectivity index (χ4v) is 2.18. The summed E-state index contributed by atoms with van der Waals surface area (Å²) in [5.41, 5.74) is 0.958. The minimum atomic E-state index is 0.401. The number of hydrogen-bond acceptors (Lipinski definition) is 4. The number of nitrogens with zero attached hydrogens (tertiary/aromatic N) is 3. The van der Waals surface area contributed by atoms with Crippen molar-refractivity contribution in [3.05, 3.63) is 18.0 Å². The summed E-state index contributed by atoms with van der Waals surface area (Å²) in [6.07, 6.45) is 6.09. The highest BCUT2D eigenvalue weighted by Crippen LogP contribution is 2.18. The SMILES string of the molecule is CCOC1CCN(c2ncc(CCl)cn2)CC1. The van der Waals surface area contributed by atoms with Crippen molar-refractivity contribution in [3.8, 4) is 0 Å². The van der Waals surface area contributed by atoms with E-state index in [0.717, 1.165) is 44.0 Å². The van der Waals surface area contributed by atoms with Crippen LogP contribution in [-0.4, -0.2) is 35.8 Å². The van der Waals surface area contributed by atoms with Crippen LogP contribution >= 0.6 is 11.6 Å². The van der Waals surface area contributed by atoms with Crippen molar-refractivity contribution < 1.29 is 4.74 Å². The molecular weight excluding hydrogens is 238 g/mol. The molecule has 1 saturated heterocycles. The van der Waals surface area contributed by atoms with Gasteiger partial charge in [-0.2, -0.15) is 0 Å². The van der Waals surface area contributed by atoms with E-state index in [1.165, 1.54) is 0 Å². The molecule has 1 aromatic rings. The molecule has 1 fully saturated rings. The van der Waals surface area contributed by atoms with Crippen molar-refractivity contribution in [2.24, 2.45) is 0 Å². The van der Waals surface area contributed by atoms with Gasteiger partial charge in [-0.25, -0.2) is 9.97 Å². The van der Waals surface area contributed by atoms with E-state index in [1.807, 2.05) is 6.92 Å². The maximum Gasteiger partial charge on any atom is 0.225 e. The highest BCUT2D eigenvalue weighted by atomic mass is 35.5. The Kier molecular flexibility index (Phi) is 4.57. The highest BCUT2D eigenvalue weighted by molar-refractivity contribution is 6.17. The summed E-state index contributed by atoms with van der Waals surface area (Å²) in [5.74, 6) is 1.26. The van der Waals surface area contributed by atoms with Gasteiger partial charge < -0.3 is 9.64 Å². The average Bonchev–Trinajstić information content (AvgIpc) is 2.40. The molecule has 0 unspecified atom stereocenters. The fraction of sp³-hybridized carbons (Fsp3) is 0.667. The number of alkyl halides is 1. The number of halogens is 1. The van der Waals surface area contributed by atoms with Crippen LogP contribution < -0.4 is 4.90 Å². The van der Waals surface area contributed by atoms with Crippen LogP contribution in [0.3, 0.4) is 0 Å². The quantitative estimate of drug-likeness (QED) is 0.774. The maximum atomic E-state index is 5.71. The van der Waals surface area contributed by atoms with E-state index in [2.05, 4.69) is 14.9 Å². The molecule has 0 saturated carbocycles. The fourth-order valence-electron chi connectivity index (χ4n) is 2.04. The molecule has 0 aliphatic carbocycles. The van der Waals surface area contributed by atoms with Crippen molar-refractivity contribution in [1.29, 1.82) is 0 Å². The Labute approximate surface area is 107 Å². The molecule has 94 valence electrons. The number of anilines is 1. The second-order valence-corrected chi connectivity index (χ2v) is 4.43. The minimum absolute atomic E-state index is 0.401. The van der Waals surface area contributed by atoms with Gasteiger partial charge in [-0.1, -0.05) is 0 Å². The lowest BCUT2D eigenvalue weighted by molar-refractivity contribution is 0.0457. The summed E-state index contributed by atoms with van der Waals surface area (Å²) in [7, 11) is 0. The molecule has 0 aromatic carbocycles. The molecule has 0 atom stereocenters. The standard InChI is InChI=1S/C12H18ClN3O/c1-2-17-11-3-5-16(6-4-11)12-14-8-10(7-13)9-15-12/h8-9,11H,2-7H2,1H3. The van der Waals surface area contributed by atoms with Crippen LogP contribution in [0.15, 0.2) is 12.4 Å². The molecule has 0 bridgehead atoms. The smallest absolute Gasteiger partial charge is 0.225 e. The summed E-state index contributed by atoms with van der Waals surface area (Å²) in [4.78, 5) is 10.9. The molecule has 0 radical (unpaired) electrons. The second-order valence-electron chi connectivity index (χ2n) is 4.17. The van der Waals surface area contributed by atoms with Gasteiger partial charge in [0, 0.05) is 37.7 Å². The summed E-state index contributed by atoms with van der Waals surface area (Å²) < 4.78 is 5.62. The van der Waals surface area contributed by atoms with Crippen LogP contribution in [0.4, 0.5) is 5.95 Å². The van der Waals surface area contributed by atoms with Gasteiger partial charge >= 0.3 is 0 Å². The predicted molar refractivity (Wildman–Crippen MR) is 68.5 cm³/mol. The van der Waals surface area contributed by atoms with E-state index >= 15 is 0 Å². The predicted octanol–water partition coefficient (Wildman–Crippen LogP) is 2.22. The third kappa shape index (κ3) is 3.30. The first-order valence-corrected chi connectivity index (χ1v) is 6.60. The van der Waals surface area contributed by atoms with E-state index in [0.29, 0.717) is 12.0 Å². The van der Waals surface area contributed by atoms with E-state index in [9.17, 15) is 0 Å². The number of rotatable bonds is 4. The number of hydrogen-bond donors (Lipinski definition) is 0. The first-order valence-electron chi connectivity index (χ1n) is 6.07. The Morgan fingerprint density at radius 2 is 2.00 bits per heavy atom. The molecular formula is C12H18ClN3O. The molecule has 5 heteroatoms. The Balaban J connectivity index is 1.91. The van der Waals surface area contributed by atoms with Crippen LogP contribution in [0, 0.1) is 0 Å². The van der Waals surface area contributed by atoms with Gasteiger partial charge in [0.25, 0.3) is 0 Å². The molecule has 1 aliphatic heterocycles. The third-order valence-electron chi connectivity index (χ3n) is 2.97. The van der Waals surface area contributed by atoms with Crippen molar-refractivity contribution in [3.63, 3.8) is 0 Å². The molecule has 17 heavy (non-hydrogen) atoms. The van der Waals surface area contributed by atoms with E-state index in [1.54, 1.807) is 12.4 Å². The summed E-state index contributed by atoms with van der Waals surface area (Å²) in [5, 5.41) is 0. The van der Waals surface area contributed by atoms with Gasteiger partial charge in [0.1, 0.15) is 0 Å². The van der Waals surface area contributed by atoms with Gasteiger partial charge in [-0.15, -0.1) is 11.6 Å². The monoisotopic (exact) mass is 255 g/mol. The van der Waals surface area contributed by atoms with E-state index in [-0.39, 0.29) is 0 Å². The molecule has 1 aliphatic rings. The van der Waals surface area contributed by atoms with Crippen LogP contribution in [0.2, 0.25) is 0 Å². The zero-order chi connectivity index (χ0) is 12.1.